The Bertz CT molecular complexity index is 488. The molecule has 20 heavy (non-hydrogen) atoms. The van der Waals surface area contributed by atoms with Crippen molar-refractivity contribution in [3.63, 3.8) is 0 Å². The van der Waals surface area contributed by atoms with E-state index in [4.69, 9.17) is 9.84 Å². The lowest BCUT2D eigenvalue weighted by Gasteiger charge is -2.15. The summed E-state index contributed by atoms with van der Waals surface area (Å²) in [6.07, 6.45) is 0.858. The van der Waals surface area contributed by atoms with Crippen LogP contribution in [0.25, 0.3) is 0 Å². The smallest absolute Gasteiger partial charge is 0.335 e. The Labute approximate surface area is 118 Å². The SMILES string of the molecule is CCC(C)NC(=O)COc1c(C)cc(C(=O)O)cc1C. The number of hydrogen-bond acceptors (Lipinski definition) is 3. The summed E-state index contributed by atoms with van der Waals surface area (Å²) < 4.78 is 5.50. The molecule has 0 saturated carbocycles. The highest BCUT2D eigenvalue weighted by atomic mass is 16.5. The van der Waals surface area contributed by atoms with Crippen molar-refractivity contribution < 1.29 is 19.4 Å². The van der Waals surface area contributed by atoms with E-state index in [-0.39, 0.29) is 24.1 Å². The molecule has 1 rings (SSSR count). The van der Waals surface area contributed by atoms with E-state index in [2.05, 4.69) is 5.32 Å². The molecule has 110 valence electrons. The molecule has 1 atom stereocenters. The van der Waals surface area contributed by atoms with Crippen molar-refractivity contribution in [2.75, 3.05) is 6.61 Å². The molecule has 0 aliphatic carbocycles. The monoisotopic (exact) mass is 279 g/mol. The Morgan fingerprint density at radius 1 is 1.30 bits per heavy atom. The minimum absolute atomic E-state index is 0.0710. The van der Waals surface area contributed by atoms with Gasteiger partial charge in [0.1, 0.15) is 5.75 Å². The molecule has 0 bridgehead atoms. The zero-order valence-corrected chi connectivity index (χ0v) is 12.3. The summed E-state index contributed by atoms with van der Waals surface area (Å²) in [5.41, 5.74) is 1.63. The van der Waals surface area contributed by atoms with Crippen LogP contribution >= 0.6 is 0 Å². The van der Waals surface area contributed by atoms with Gasteiger partial charge in [-0.1, -0.05) is 6.92 Å². The van der Waals surface area contributed by atoms with Gasteiger partial charge in [-0.2, -0.15) is 0 Å². The number of amides is 1. The zero-order chi connectivity index (χ0) is 15.3. The van der Waals surface area contributed by atoms with Crippen molar-refractivity contribution in [2.45, 2.75) is 40.2 Å². The molecule has 0 heterocycles. The van der Waals surface area contributed by atoms with Crippen LogP contribution in [0.15, 0.2) is 12.1 Å². The van der Waals surface area contributed by atoms with E-state index in [0.29, 0.717) is 16.9 Å². The standard InChI is InChI=1S/C15H21NO4/c1-5-11(4)16-13(17)8-20-14-9(2)6-12(15(18)19)7-10(14)3/h6-7,11H,5,8H2,1-4H3,(H,16,17)(H,18,19). The number of nitrogens with one attached hydrogen (secondary N) is 1. The third-order valence-corrected chi connectivity index (χ3v) is 3.07. The summed E-state index contributed by atoms with van der Waals surface area (Å²) in [5, 5.41) is 11.8. The van der Waals surface area contributed by atoms with E-state index < -0.39 is 5.97 Å². The lowest BCUT2D eigenvalue weighted by Crippen LogP contribution is -2.35. The minimum atomic E-state index is -0.975. The normalized spacial score (nSPS) is 11.8. The highest BCUT2D eigenvalue weighted by Gasteiger charge is 2.12. The van der Waals surface area contributed by atoms with Gasteiger partial charge in [0.25, 0.3) is 5.91 Å². The number of carboxylic acids is 1. The van der Waals surface area contributed by atoms with Gasteiger partial charge < -0.3 is 15.2 Å². The number of carbonyl (C=O) groups is 2. The van der Waals surface area contributed by atoms with Gasteiger partial charge in [-0.3, -0.25) is 4.79 Å². The predicted molar refractivity (Wildman–Crippen MR) is 76.3 cm³/mol. The molecular weight excluding hydrogens is 258 g/mol. The maximum atomic E-state index is 11.7. The molecule has 0 aromatic heterocycles. The van der Waals surface area contributed by atoms with Crippen LogP contribution in [-0.4, -0.2) is 29.6 Å². The van der Waals surface area contributed by atoms with Crippen molar-refractivity contribution >= 4 is 11.9 Å². The van der Waals surface area contributed by atoms with Crippen molar-refractivity contribution in [2.24, 2.45) is 0 Å². The van der Waals surface area contributed by atoms with Gasteiger partial charge in [-0.15, -0.1) is 0 Å². The summed E-state index contributed by atoms with van der Waals surface area (Å²) in [6, 6.07) is 3.19. The van der Waals surface area contributed by atoms with E-state index in [9.17, 15) is 9.59 Å². The third-order valence-electron chi connectivity index (χ3n) is 3.07. The fourth-order valence-electron chi connectivity index (χ4n) is 1.86. The van der Waals surface area contributed by atoms with Gasteiger partial charge in [0.15, 0.2) is 6.61 Å². The lowest BCUT2D eigenvalue weighted by molar-refractivity contribution is -0.123. The van der Waals surface area contributed by atoms with Crippen molar-refractivity contribution in [3.8, 4) is 5.75 Å². The van der Waals surface area contributed by atoms with Crippen LogP contribution < -0.4 is 10.1 Å². The first kappa shape index (κ1) is 16.0. The van der Waals surface area contributed by atoms with Gasteiger partial charge in [-0.25, -0.2) is 4.79 Å². The molecule has 1 unspecified atom stereocenters. The molecule has 5 heteroatoms. The minimum Gasteiger partial charge on any atom is -0.483 e. The maximum Gasteiger partial charge on any atom is 0.335 e. The Morgan fingerprint density at radius 2 is 1.85 bits per heavy atom. The van der Waals surface area contributed by atoms with Gasteiger partial charge in [-0.05, 0) is 50.5 Å². The van der Waals surface area contributed by atoms with Gasteiger partial charge >= 0.3 is 5.97 Å². The van der Waals surface area contributed by atoms with Crippen molar-refractivity contribution in [3.05, 3.63) is 28.8 Å². The second-order valence-corrected chi connectivity index (χ2v) is 4.91. The second-order valence-electron chi connectivity index (χ2n) is 4.91. The molecule has 0 spiro atoms. The van der Waals surface area contributed by atoms with Gasteiger partial charge in [0, 0.05) is 6.04 Å². The number of carboxylic acid groups (broad SMARTS) is 1. The maximum absolute atomic E-state index is 11.7. The summed E-state index contributed by atoms with van der Waals surface area (Å²) in [4.78, 5) is 22.6. The van der Waals surface area contributed by atoms with Crippen LogP contribution in [0.1, 0.15) is 41.8 Å². The quantitative estimate of drug-likeness (QED) is 0.837. The number of hydrogen-bond donors (Lipinski definition) is 2. The Kier molecular flexibility index (Phi) is 5.55. The van der Waals surface area contributed by atoms with Crippen LogP contribution in [0.5, 0.6) is 5.75 Å². The average molecular weight is 279 g/mol. The van der Waals surface area contributed by atoms with Crippen LogP contribution in [0.4, 0.5) is 0 Å². The highest BCUT2D eigenvalue weighted by molar-refractivity contribution is 5.88. The molecule has 1 aromatic carbocycles. The first-order chi connectivity index (χ1) is 9.35. The van der Waals surface area contributed by atoms with Crippen LogP contribution in [0.2, 0.25) is 0 Å². The van der Waals surface area contributed by atoms with E-state index in [1.54, 1.807) is 13.8 Å². The fraction of sp³-hybridized carbons (Fsp3) is 0.467. The molecule has 1 aromatic rings. The van der Waals surface area contributed by atoms with Crippen molar-refractivity contribution in [1.82, 2.24) is 5.32 Å². The molecule has 0 fully saturated rings. The van der Waals surface area contributed by atoms with Crippen LogP contribution in [0.3, 0.4) is 0 Å². The molecule has 0 aliphatic rings. The lowest BCUT2D eigenvalue weighted by atomic mass is 10.1. The third kappa shape index (κ3) is 4.26. The number of rotatable bonds is 6. The average Bonchev–Trinajstić information content (AvgIpc) is 2.37. The van der Waals surface area contributed by atoms with Crippen LogP contribution in [0, 0.1) is 13.8 Å². The molecular formula is C15H21NO4. The Morgan fingerprint density at radius 3 is 2.30 bits per heavy atom. The molecule has 0 radical (unpaired) electrons. The Hall–Kier alpha value is -2.04. The van der Waals surface area contributed by atoms with Crippen LogP contribution in [-0.2, 0) is 4.79 Å². The number of carbonyl (C=O) groups excluding carboxylic acids is 1. The number of aryl methyl sites for hydroxylation is 2. The van der Waals surface area contributed by atoms with Crippen molar-refractivity contribution in [1.29, 1.82) is 0 Å². The summed E-state index contributed by atoms with van der Waals surface area (Å²) >= 11 is 0. The first-order valence-corrected chi connectivity index (χ1v) is 6.61. The molecule has 0 saturated heterocycles. The number of aromatic carboxylic acids is 1. The summed E-state index contributed by atoms with van der Waals surface area (Å²) in [7, 11) is 0. The van der Waals surface area contributed by atoms with E-state index in [1.165, 1.54) is 12.1 Å². The zero-order valence-electron chi connectivity index (χ0n) is 12.3. The number of benzene rings is 1. The first-order valence-electron chi connectivity index (χ1n) is 6.61. The largest absolute Gasteiger partial charge is 0.483 e. The molecule has 2 N–H and O–H groups in total. The number of ether oxygens (including phenoxy) is 1. The summed E-state index contributed by atoms with van der Waals surface area (Å²) in [5.74, 6) is -0.591. The van der Waals surface area contributed by atoms with Gasteiger partial charge in [0.2, 0.25) is 0 Å². The van der Waals surface area contributed by atoms with E-state index in [0.717, 1.165) is 6.42 Å². The Balaban J connectivity index is 2.74. The van der Waals surface area contributed by atoms with E-state index >= 15 is 0 Å². The fourth-order valence-corrected chi connectivity index (χ4v) is 1.86. The van der Waals surface area contributed by atoms with Gasteiger partial charge in [0.05, 0.1) is 5.56 Å². The predicted octanol–water partition coefficient (Wildman–Crippen LogP) is 2.30. The molecule has 5 nitrogen and oxygen atoms in total. The molecule has 0 aliphatic heterocycles. The summed E-state index contributed by atoms with van der Waals surface area (Å²) in [6.45, 7) is 7.38. The topological polar surface area (TPSA) is 75.6 Å². The van der Waals surface area contributed by atoms with E-state index in [1.807, 2.05) is 13.8 Å². The second kappa shape index (κ2) is 6.93. The highest BCUT2D eigenvalue weighted by Crippen LogP contribution is 2.24. The molecule has 1 amide bonds.